The number of methoxy groups -OCH3 is 1. The number of aliphatic hydroxyl groups excluding tert-OH is 1. The van der Waals surface area contributed by atoms with E-state index in [1.807, 2.05) is 0 Å². The molecule has 0 fully saturated rings. The number of benzene rings is 2. The number of amides is 1. The van der Waals surface area contributed by atoms with E-state index in [1.165, 1.54) is 19.2 Å². The van der Waals surface area contributed by atoms with Crippen LogP contribution in [0.15, 0.2) is 60.4 Å². The van der Waals surface area contributed by atoms with E-state index < -0.39 is 18.2 Å². The number of aliphatic hydroxyl groups is 1. The van der Waals surface area contributed by atoms with Gasteiger partial charge >= 0.3 is 5.97 Å². The number of rotatable bonds is 10. The Morgan fingerprint density at radius 1 is 1.06 bits per heavy atom. The van der Waals surface area contributed by atoms with E-state index in [1.54, 1.807) is 42.5 Å². The number of carbonyl (C=O) groups excluding carboxylic acids is 2. The maximum Gasteiger partial charge on any atom is 0.337 e. The molecule has 3 rings (SSSR count). The standard InChI is InChI=1S/C24H27NO8/c1-30-24(29)17-4-2-16(3-5-17)18-14-21(23(28)25-19-6-8-20(27)9-7-19)33-22(15-18)32-13-12-31-11-10-26/h2-9,14,18,22,26-27H,10-13,15H2,1H3,(H,25,28)/t18-,22+/m1/s1. The van der Waals surface area contributed by atoms with Crippen molar-refractivity contribution in [3.8, 4) is 5.75 Å². The summed E-state index contributed by atoms with van der Waals surface area (Å²) in [7, 11) is 1.32. The zero-order valence-corrected chi connectivity index (χ0v) is 18.2. The fraction of sp³-hybridized carbons (Fsp3) is 0.333. The van der Waals surface area contributed by atoms with Crippen LogP contribution in [0.4, 0.5) is 5.69 Å². The van der Waals surface area contributed by atoms with Gasteiger partial charge in [-0.2, -0.15) is 0 Å². The Balaban J connectivity index is 1.75. The van der Waals surface area contributed by atoms with E-state index in [0.29, 0.717) is 17.7 Å². The molecule has 33 heavy (non-hydrogen) atoms. The van der Waals surface area contributed by atoms with Crippen LogP contribution in [0.2, 0.25) is 0 Å². The highest BCUT2D eigenvalue weighted by molar-refractivity contribution is 6.02. The molecule has 3 N–H and O–H groups in total. The van der Waals surface area contributed by atoms with Gasteiger partial charge in [0.25, 0.3) is 5.91 Å². The Labute approximate surface area is 191 Å². The highest BCUT2D eigenvalue weighted by Gasteiger charge is 2.29. The van der Waals surface area contributed by atoms with Crippen molar-refractivity contribution in [1.82, 2.24) is 0 Å². The molecule has 1 amide bonds. The van der Waals surface area contributed by atoms with Crippen LogP contribution in [0, 0.1) is 0 Å². The van der Waals surface area contributed by atoms with Crippen molar-refractivity contribution in [2.75, 3.05) is 38.9 Å². The molecule has 0 radical (unpaired) electrons. The largest absolute Gasteiger partial charge is 0.508 e. The normalized spacial score (nSPS) is 17.6. The number of aromatic hydroxyl groups is 1. The van der Waals surface area contributed by atoms with Crippen molar-refractivity contribution in [1.29, 1.82) is 0 Å². The molecule has 2 aromatic carbocycles. The zero-order chi connectivity index (χ0) is 23.6. The van der Waals surface area contributed by atoms with Gasteiger partial charge in [0, 0.05) is 18.0 Å². The first-order chi connectivity index (χ1) is 16.0. The predicted molar refractivity (Wildman–Crippen MR) is 119 cm³/mol. The molecule has 1 aliphatic heterocycles. The third kappa shape index (κ3) is 7.04. The average molecular weight is 457 g/mol. The van der Waals surface area contributed by atoms with Crippen molar-refractivity contribution >= 4 is 17.6 Å². The summed E-state index contributed by atoms with van der Waals surface area (Å²) in [5, 5.41) is 20.9. The molecule has 1 aliphatic rings. The molecule has 0 aromatic heterocycles. The van der Waals surface area contributed by atoms with Crippen molar-refractivity contribution < 1.29 is 38.7 Å². The molecule has 9 heteroatoms. The van der Waals surface area contributed by atoms with Gasteiger partial charge in [0.15, 0.2) is 5.76 Å². The van der Waals surface area contributed by atoms with E-state index in [0.717, 1.165) is 5.56 Å². The molecule has 1 heterocycles. The minimum absolute atomic E-state index is 0.0755. The summed E-state index contributed by atoms with van der Waals surface area (Å²) in [5.74, 6) is -0.899. The van der Waals surface area contributed by atoms with E-state index in [2.05, 4.69) is 5.32 Å². The number of ether oxygens (including phenoxy) is 4. The van der Waals surface area contributed by atoms with E-state index in [-0.39, 0.29) is 43.9 Å². The zero-order valence-electron chi connectivity index (χ0n) is 18.2. The van der Waals surface area contributed by atoms with Gasteiger partial charge in [-0.25, -0.2) is 4.79 Å². The monoisotopic (exact) mass is 457 g/mol. The van der Waals surface area contributed by atoms with Crippen molar-refractivity contribution in [3.05, 3.63) is 71.5 Å². The molecule has 0 aliphatic carbocycles. The predicted octanol–water partition coefficient (Wildman–Crippen LogP) is 2.56. The minimum Gasteiger partial charge on any atom is -0.508 e. The van der Waals surface area contributed by atoms with E-state index in [9.17, 15) is 14.7 Å². The SMILES string of the molecule is COC(=O)c1ccc([C@@H]2C=C(C(=O)Nc3ccc(O)cc3)O[C@H](OCCOCCO)C2)cc1. The Bertz CT molecular complexity index is 955. The lowest BCUT2D eigenvalue weighted by atomic mass is 9.92. The quantitative estimate of drug-likeness (QED) is 0.283. The molecule has 2 atom stereocenters. The van der Waals surface area contributed by atoms with Crippen LogP contribution in [0.5, 0.6) is 5.75 Å². The third-order valence-corrected chi connectivity index (χ3v) is 4.93. The lowest BCUT2D eigenvalue weighted by Crippen LogP contribution is -2.30. The number of nitrogens with one attached hydrogen (secondary N) is 1. The lowest BCUT2D eigenvalue weighted by molar-refractivity contribution is -0.148. The minimum atomic E-state index is -0.696. The first-order valence-electron chi connectivity index (χ1n) is 10.5. The van der Waals surface area contributed by atoms with Gasteiger partial charge in [-0.3, -0.25) is 4.79 Å². The number of carbonyl (C=O) groups is 2. The Kier molecular flexibility index (Phi) is 8.82. The first-order valence-corrected chi connectivity index (χ1v) is 10.5. The summed E-state index contributed by atoms with van der Waals surface area (Å²) in [5.41, 5.74) is 1.81. The van der Waals surface area contributed by atoms with Gasteiger partial charge in [0.1, 0.15) is 5.75 Å². The van der Waals surface area contributed by atoms with Gasteiger partial charge in [-0.05, 0) is 48.0 Å². The van der Waals surface area contributed by atoms with Crippen LogP contribution >= 0.6 is 0 Å². The molecule has 9 nitrogen and oxygen atoms in total. The summed E-state index contributed by atoms with van der Waals surface area (Å²) < 4.78 is 21.5. The summed E-state index contributed by atoms with van der Waals surface area (Å²) >= 11 is 0. The Hall–Kier alpha value is -3.40. The molecule has 2 aromatic rings. The third-order valence-electron chi connectivity index (χ3n) is 4.93. The number of allylic oxidation sites excluding steroid dienone is 1. The maximum absolute atomic E-state index is 12.8. The summed E-state index contributed by atoms with van der Waals surface area (Å²) in [6.45, 7) is 0.640. The van der Waals surface area contributed by atoms with Crippen molar-refractivity contribution in [3.63, 3.8) is 0 Å². The molecule has 0 saturated heterocycles. The fourth-order valence-electron chi connectivity index (χ4n) is 3.28. The topological polar surface area (TPSA) is 124 Å². The highest BCUT2D eigenvalue weighted by Crippen LogP contribution is 2.32. The Morgan fingerprint density at radius 3 is 2.45 bits per heavy atom. The summed E-state index contributed by atoms with van der Waals surface area (Å²) in [6, 6.07) is 13.0. The molecular formula is C24H27NO8. The maximum atomic E-state index is 12.8. The van der Waals surface area contributed by atoms with Crippen LogP contribution in [-0.4, -0.2) is 61.9 Å². The average Bonchev–Trinajstić information content (AvgIpc) is 2.84. The number of phenols is 1. The molecule has 176 valence electrons. The van der Waals surface area contributed by atoms with Crippen molar-refractivity contribution in [2.24, 2.45) is 0 Å². The van der Waals surface area contributed by atoms with Crippen molar-refractivity contribution in [2.45, 2.75) is 18.6 Å². The summed E-state index contributed by atoms with van der Waals surface area (Å²) in [6.07, 6.45) is 1.47. The molecule has 0 saturated carbocycles. The van der Waals surface area contributed by atoms with Gasteiger partial charge in [0.2, 0.25) is 6.29 Å². The molecule has 0 spiro atoms. The van der Waals surface area contributed by atoms with Crippen LogP contribution < -0.4 is 5.32 Å². The number of hydrogen-bond donors (Lipinski definition) is 3. The second-order valence-corrected chi connectivity index (χ2v) is 7.24. The van der Waals surface area contributed by atoms with Gasteiger partial charge in [-0.15, -0.1) is 0 Å². The lowest BCUT2D eigenvalue weighted by Gasteiger charge is -2.29. The smallest absolute Gasteiger partial charge is 0.337 e. The van der Waals surface area contributed by atoms with Gasteiger partial charge in [-0.1, -0.05) is 12.1 Å². The number of anilines is 1. The van der Waals surface area contributed by atoms with E-state index >= 15 is 0 Å². The first kappa shape index (κ1) is 24.2. The van der Waals surface area contributed by atoms with Crippen LogP contribution in [0.3, 0.4) is 0 Å². The summed E-state index contributed by atoms with van der Waals surface area (Å²) in [4.78, 5) is 24.5. The van der Waals surface area contributed by atoms with Crippen LogP contribution in [0.1, 0.15) is 28.3 Å². The number of phenolic OH excluding ortho intramolecular Hbond substituents is 1. The number of hydrogen-bond acceptors (Lipinski definition) is 8. The number of esters is 1. The van der Waals surface area contributed by atoms with E-state index in [4.69, 9.17) is 24.1 Å². The second-order valence-electron chi connectivity index (χ2n) is 7.24. The van der Waals surface area contributed by atoms with Gasteiger partial charge < -0.3 is 34.5 Å². The van der Waals surface area contributed by atoms with Crippen LogP contribution in [0.25, 0.3) is 0 Å². The van der Waals surface area contributed by atoms with Gasteiger partial charge in [0.05, 0.1) is 39.1 Å². The fourth-order valence-corrected chi connectivity index (χ4v) is 3.28. The molecular weight excluding hydrogens is 430 g/mol. The molecule has 0 unspecified atom stereocenters. The second kappa shape index (κ2) is 12.0. The highest BCUT2D eigenvalue weighted by atomic mass is 16.7. The molecule has 0 bridgehead atoms. The van der Waals surface area contributed by atoms with Crippen LogP contribution in [-0.2, 0) is 23.7 Å². The Morgan fingerprint density at radius 2 is 1.79 bits per heavy atom.